The maximum atomic E-state index is 12.6. The van der Waals surface area contributed by atoms with Crippen LogP contribution in [0, 0.1) is 0 Å². The van der Waals surface area contributed by atoms with Gasteiger partial charge in [0, 0.05) is 17.1 Å². The zero-order valence-corrected chi connectivity index (χ0v) is 13.2. The van der Waals surface area contributed by atoms with E-state index in [0.29, 0.717) is 16.8 Å². The smallest absolute Gasteiger partial charge is 0.339 e. The lowest BCUT2D eigenvalue weighted by atomic mass is 10.1. The Bertz CT molecular complexity index is 967. The van der Waals surface area contributed by atoms with Crippen LogP contribution < -0.4 is 14.7 Å². The van der Waals surface area contributed by atoms with Gasteiger partial charge in [-0.25, -0.2) is 0 Å². The first-order chi connectivity index (χ1) is 11.0. The van der Waals surface area contributed by atoms with Crippen molar-refractivity contribution in [3.63, 3.8) is 0 Å². The van der Waals surface area contributed by atoms with Crippen molar-refractivity contribution in [1.29, 1.82) is 0 Å². The van der Waals surface area contributed by atoms with E-state index in [0.717, 1.165) is 5.39 Å². The first kappa shape index (κ1) is 15.2. The molecule has 5 nitrogen and oxygen atoms in total. The summed E-state index contributed by atoms with van der Waals surface area (Å²) in [6, 6.07) is 16.5. The summed E-state index contributed by atoms with van der Waals surface area (Å²) in [4.78, 5) is 0.0952. The summed E-state index contributed by atoms with van der Waals surface area (Å²) in [5, 5.41) is 1.30. The van der Waals surface area contributed by atoms with Crippen LogP contribution in [0.5, 0.6) is 11.5 Å². The molecule has 0 fully saturated rings. The van der Waals surface area contributed by atoms with Gasteiger partial charge in [-0.05, 0) is 35.7 Å². The Balaban J connectivity index is 2.06. The van der Waals surface area contributed by atoms with Crippen LogP contribution in [-0.2, 0) is 10.1 Å². The van der Waals surface area contributed by atoms with Crippen molar-refractivity contribution in [3.8, 4) is 11.5 Å². The second-order valence-electron chi connectivity index (χ2n) is 4.95. The number of hydrogen-bond acceptors (Lipinski definition) is 5. The normalized spacial score (nSPS) is 11.3. The van der Waals surface area contributed by atoms with Crippen LogP contribution in [0.4, 0.5) is 5.69 Å². The topological polar surface area (TPSA) is 78.6 Å². The van der Waals surface area contributed by atoms with Gasteiger partial charge in [0.1, 0.15) is 16.4 Å². The largest absolute Gasteiger partial charge is 0.497 e. The van der Waals surface area contributed by atoms with Gasteiger partial charge in [-0.3, -0.25) is 0 Å². The number of ether oxygens (including phenoxy) is 1. The average molecular weight is 329 g/mol. The molecule has 3 aromatic carbocycles. The highest BCUT2D eigenvalue weighted by Gasteiger charge is 2.20. The number of benzene rings is 3. The predicted molar refractivity (Wildman–Crippen MR) is 89.2 cm³/mol. The van der Waals surface area contributed by atoms with Crippen LogP contribution in [-0.4, -0.2) is 15.5 Å². The predicted octanol–water partition coefficient (Wildman–Crippen LogP) is 3.20. The Morgan fingerprint density at radius 1 is 0.913 bits per heavy atom. The highest BCUT2D eigenvalue weighted by atomic mass is 32.2. The zero-order valence-electron chi connectivity index (χ0n) is 12.4. The zero-order chi connectivity index (χ0) is 16.4. The molecule has 0 aliphatic heterocycles. The summed E-state index contributed by atoms with van der Waals surface area (Å²) < 4.78 is 35.5. The lowest BCUT2D eigenvalue weighted by Crippen LogP contribution is -2.10. The number of nitrogen functional groups attached to an aromatic ring is 1. The maximum Gasteiger partial charge on any atom is 0.339 e. The van der Waals surface area contributed by atoms with E-state index in [1.165, 1.54) is 19.2 Å². The molecule has 0 amide bonds. The number of nitrogens with two attached hydrogens (primary N) is 1. The molecule has 2 N–H and O–H groups in total. The Labute approximate surface area is 134 Å². The number of fused-ring (bicyclic) bond motifs is 1. The summed E-state index contributed by atoms with van der Waals surface area (Å²) in [5.41, 5.74) is 6.31. The molecule has 3 rings (SSSR count). The SMILES string of the molecule is COc1cccc(OS(=O)(=O)c2cccc3cc(N)ccc23)c1. The van der Waals surface area contributed by atoms with Gasteiger partial charge in [0.25, 0.3) is 0 Å². The molecule has 0 spiro atoms. The van der Waals surface area contributed by atoms with E-state index < -0.39 is 10.1 Å². The quantitative estimate of drug-likeness (QED) is 0.587. The van der Waals surface area contributed by atoms with Crippen molar-refractivity contribution in [2.75, 3.05) is 12.8 Å². The molecule has 0 aromatic heterocycles. The molecule has 118 valence electrons. The van der Waals surface area contributed by atoms with E-state index in [-0.39, 0.29) is 10.6 Å². The summed E-state index contributed by atoms with van der Waals surface area (Å²) in [6.07, 6.45) is 0. The van der Waals surface area contributed by atoms with Crippen LogP contribution in [0.2, 0.25) is 0 Å². The molecule has 0 bridgehead atoms. The van der Waals surface area contributed by atoms with Gasteiger partial charge in [-0.15, -0.1) is 0 Å². The Kier molecular flexibility index (Phi) is 3.83. The highest BCUT2D eigenvalue weighted by molar-refractivity contribution is 7.87. The number of methoxy groups -OCH3 is 1. The average Bonchev–Trinajstić information content (AvgIpc) is 2.53. The van der Waals surface area contributed by atoms with Crippen molar-refractivity contribution >= 4 is 26.6 Å². The van der Waals surface area contributed by atoms with E-state index >= 15 is 0 Å². The van der Waals surface area contributed by atoms with Gasteiger partial charge < -0.3 is 14.7 Å². The van der Waals surface area contributed by atoms with E-state index in [9.17, 15) is 8.42 Å². The van der Waals surface area contributed by atoms with E-state index in [2.05, 4.69) is 0 Å². The van der Waals surface area contributed by atoms with Gasteiger partial charge >= 0.3 is 10.1 Å². The van der Waals surface area contributed by atoms with Crippen molar-refractivity contribution in [2.45, 2.75) is 4.90 Å². The Morgan fingerprint density at radius 3 is 2.43 bits per heavy atom. The van der Waals surface area contributed by atoms with Gasteiger partial charge in [0.15, 0.2) is 0 Å². The highest BCUT2D eigenvalue weighted by Crippen LogP contribution is 2.28. The monoisotopic (exact) mass is 329 g/mol. The summed E-state index contributed by atoms with van der Waals surface area (Å²) in [5.74, 6) is 0.709. The molecule has 3 aromatic rings. The molecule has 0 saturated heterocycles. The third-order valence-electron chi connectivity index (χ3n) is 3.38. The number of hydrogen-bond donors (Lipinski definition) is 1. The summed E-state index contributed by atoms with van der Waals surface area (Å²) >= 11 is 0. The molecular formula is C17H15NO4S. The minimum Gasteiger partial charge on any atom is -0.497 e. The maximum absolute atomic E-state index is 12.6. The van der Waals surface area contributed by atoms with Crippen molar-refractivity contribution in [2.24, 2.45) is 0 Å². The van der Waals surface area contributed by atoms with Gasteiger partial charge in [0.2, 0.25) is 0 Å². The molecule has 0 heterocycles. The first-order valence-corrected chi connectivity index (χ1v) is 8.27. The van der Waals surface area contributed by atoms with E-state index in [1.54, 1.807) is 48.5 Å². The van der Waals surface area contributed by atoms with Crippen LogP contribution in [0.3, 0.4) is 0 Å². The minimum atomic E-state index is -3.97. The molecule has 0 aliphatic rings. The minimum absolute atomic E-state index is 0.0952. The molecule has 0 aliphatic carbocycles. The molecule has 6 heteroatoms. The van der Waals surface area contributed by atoms with Crippen LogP contribution in [0.15, 0.2) is 65.6 Å². The molecule has 23 heavy (non-hydrogen) atoms. The van der Waals surface area contributed by atoms with Crippen molar-refractivity contribution in [3.05, 3.63) is 60.7 Å². The Morgan fingerprint density at radius 2 is 1.65 bits per heavy atom. The fourth-order valence-corrected chi connectivity index (χ4v) is 3.46. The van der Waals surface area contributed by atoms with Gasteiger partial charge in [-0.2, -0.15) is 8.42 Å². The van der Waals surface area contributed by atoms with Crippen LogP contribution >= 0.6 is 0 Å². The summed E-state index contributed by atoms with van der Waals surface area (Å²) in [7, 11) is -2.47. The van der Waals surface area contributed by atoms with Crippen LogP contribution in [0.25, 0.3) is 10.8 Å². The first-order valence-electron chi connectivity index (χ1n) is 6.86. The molecule has 0 radical (unpaired) electrons. The third-order valence-corrected chi connectivity index (χ3v) is 4.69. The number of rotatable bonds is 4. The number of anilines is 1. The molecule has 0 saturated carbocycles. The lowest BCUT2D eigenvalue weighted by molar-refractivity contribution is 0.411. The van der Waals surface area contributed by atoms with Gasteiger partial charge in [-0.1, -0.05) is 24.3 Å². The Hall–Kier alpha value is -2.73. The second kappa shape index (κ2) is 5.81. The third kappa shape index (κ3) is 3.07. The molecule has 0 atom stereocenters. The summed E-state index contributed by atoms with van der Waals surface area (Å²) in [6.45, 7) is 0. The van der Waals surface area contributed by atoms with E-state index in [1.807, 2.05) is 0 Å². The molecule has 0 unspecified atom stereocenters. The molecular weight excluding hydrogens is 314 g/mol. The fourth-order valence-electron chi connectivity index (χ4n) is 2.32. The second-order valence-corrected chi connectivity index (χ2v) is 6.47. The standard InChI is InChI=1S/C17H15NO4S/c1-21-14-5-3-6-15(11-14)22-23(19,20)17-7-2-4-12-10-13(18)8-9-16(12)17/h2-11H,18H2,1H3. The fraction of sp³-hybridized carbons (Fsp3) is 0.0588. The lowest BCUT2D eigenvalue weighted by Gasteiger charge is -2.10. The van der Waals surface area contributed by atoms with E-state index in [4.69, 9.17) is 14.7 Å². The van der Waals surface area contributed by atoms with Crippen LogP contribution in [0.1, 0.15) is 0 Å². The van der Waals surface area contributed by atoms with Crippen molar-refractivity contribution in [1.82, 2.24) is 0 Å². The van der Waals surface area contributed by atoms with Gasteiger partial charge in [0.05, 0.1) is 7.11 Å². The van der Waals surface area contributed by atoms with Crippen molar-refractivity contribution < 1.29 is 17.3 Å².